The quantitative estimate of drug-likeness (QED) is 0.573. The molecule has 0 aliphatic carbocycles. The van der Waals surface area contributed by atoms with Crippen LogP contribution in [0.3, 0.4) is 0 Å². The molecule has 0 radical (unpaired) electrons. The van der Waals surface area contributed by atoms with Crippen molar-refractivity contribution < 1.29 is 19.1 Å². The van der Waals surface area contributed by atoms with E-state index >= 15 is 0 Å². The van der Waals surface area contributed by atoms with Crippen LogP contribution in [-0.4, -0.2) is 23.5 Å². The molecule has 1 amide bonds. The Hall–Kier alpha value is -3.09. The number of para-hydroxylation sites is 2. The largest absolute Gasteiger partial charge is 0.456 e. The van der Waals surface area contributed by atoms with Crippen molar-refractivity contribution >= 4 is 40.9 Å². The van der Waals surface area contributed by atoms with Gasteiger partial charge < -0.3 is 14.8 Å². The molecule has 8 heteroatoms. The summed E-state index contributed by atoms with van der Waals surface area (Å²) in [6.45, 7) is -0.515. The highest BCUT2D eigenvalue weighted by molar-refractivity contribution is 6.36. The number of aromatic nitrogens is 1. The molecule has 0 aliphatic heterocycles. The summed E-state index contributed by atoms with van der Waals surface area (Å²) >= 11 is 11.7. The van der Waals surface area contributed by atoms with Gasteiger partial charge in [-0.3, -0.25) is 4.79 Å². The maximum atomic E-state index is 12.4. The van der Waals surface area contributed by atoms with Gasteiger partial charge in [-0.25, -0.2) is 9.78 Å². The average Bonchev–Trinajstić information content (AvgIpc) is 2.69. The molecular formula is C20H14Cl2N2O4. The van der Waals surface area contributed by atoms with Crippen LogP contribution in [0.4, 0.5) is 5.82 Å². The Bertz CT molecular complexity index is 997. The van der Waals surface area contributed by atoms with Gasteiger partial charge in [0.15, 0.2) is 12.4 Å². The van der Waals surface area contributed by atoms with Crippen LogP contribution >= 0.6 is 23.2 Å². The molecule has 1 heterocycles. The molecule has 0 unspecified atom stereocenters. The molecule has 0 fully saturated rings. The van der Waals surface area contributed by atoms with Gasteiger partial charge in [-0.1, -0.05) is 53.5 Å². The molecule has 0 saturated carbocycles. The third-order valence-corrected chi connectivity index (χ3v) is 3.97. The van der Waals surface area contributed by atoms with Crippen LogP contribution in [0.2, 0.25) is 10.0 Å². The molecule has 1 aromatic heterocycles. The summed E-state index contributed by atoms with van der Waals surface area (Å²) in [4.78, 5) is 28.3. The number of rotatable bonds is 6. The monoisotopic (exact) mass is 416 g/mol. The van der Waals surface area contributed by atoms with Crippen LogP contribution in [0, 0.1) is 0 Å². The van der Waals surface area contributed by atoms with Crippen molar-refractivity contribution in [1.82, 2.24) is 4.98 Å². The molecule has 6 nitrogen and oxygen atoms in total. The molecular weight excluding hydrogens is 403 g/mol. The van der Waals surface area contributed by atoms with Gasteiger partial charge in [-0.2, -0.15) is 0 Å². The smallest absolute Gasteiger partial charge is 0.342 e. The molecule has 3 aromatic rings. The zero-order valence-electron chi connectivity index (χ0n) is 14.4. The number of hydrogen-bond acceptors (Lipinski definition) is 5. The second-order valence-corrected chi connectivity index (χ2v) is 6.36. The number of ether oxygens (including phenoxy) is 2. The fraction of sp³-hybridized carbons (Fsp3) is 0.0500. The first-order valence-electron chi connectivity index (χ1n) is 8.13. The van der Waals surface area contributed by atoms with E-state index < -0.39 is 18.5 Å². The highest BCUT2D eigenvalue weighted by Gasteiger charge is 2.16. The number of esters is 1. The number of nitrogens with one attached hydrogen (secondary N) is 1. The number of anilines is 1. The van der Waals surface area contributed by atoms with Crippen molar-refractivity contribution in [2.45, 2.75) is 0 Å². The Morgan fingerprint density at radius 1 is 1.00 bits per heavy atom. The highest BCUT2D eigenvalue weighted by atomic mass is 35.5. The molecule has 0 saturated heterocycles. The number of nitrogens with zero attached hydrogens (tertiary/aromatic N) is 1. The molecule has 3 rings (SSSR count). The van der Waals surface area contributed by atoms with Gasteiger partial charge in [0.1, 0.15) is 17.1 Å². The van der Waals surface area contributed by atoms with Crippen LogP contribution < -0.4 is 10.1 Å². The minimum Gasteiger partial charge on any atom is -0.456 e. The predicted octanol–water partition coefficient (Wildman–Crippen LogP) is 4.98. The second-order valence-electron chi connectivity index (χ2n) is 5.52. The van der Waals surface area contributed by atoms with Gasteiger partial charge in [-0.05, 0) is 30.3 Å². The van der Waals surface area contributed by atoms with E-state index in [1.807, 2.05) is 18.2 Å². The number of benzene rings is 2. The van der Waals surface area contributed by atoms with Crippen molar-refractivity contribution in [2.24, 2.45) is 0 Å². The summed E-state index contributed by atoms with van der Waals surface area (Å²) < 4.78 is 10.8. The standard InChI is InChI=1S/C20H14Cl2N2O4/c21-13-10-16(22)19(23-11-13)24-18(25)12-27-20(26)15-8-4-5-9-17(15)28-14-6-2-1-3-7-14/h1-11H,12H2,(H,23,24,25). The molecule has 0 bridgehead atoms. The predicted molar refractivity (Wildman–Crippen MR) is 106 cm³/mol. The minimum atomic E-state index is -0.697. The molecule has 1 N–H and O–H groups in total. The third kappa shape index (κ3) is 5.22. The lowest BCUT2D eigenvalue weighted by Gasteiger charge is -2.11. The summed E-state index contributed by atoms with van der Waals surface area (Å²) in [6, 6.07) is 17.0. The number of amides is 1. The van der Waals surface area contributed by atoms with Crippen LogP contribution in [0.5, 0.6) is 11.5 Å². The van der Waals surface area contributed by atoms with Gasteiger partial charge in [0.2, 0.25) is 0 Å². The van der Waals surface area contributed by atoms with Gasteiger partial charge in [0, 0.05) is 6.20 Å². The van der Waals surface area contributed by atoms with E-state index in [0.29, 0.717) is 16.5 Å². The van der Waals surface area contributed by atoms with E-state index in [4.69, 9.17) is 32.7 Å². The zero-order valence-corrected chi connectivity index (χ0v) is 15.9. The fourth-order valence-electron chi connectivity index (χ4n) is 2.22. The van der Waals surface area contributed by atoms with Crippen molar-refractivity contribution in [3.8, 4) is 11.5 Å². The van der Waals surface area contributed by atoms with Crippen LogP contribution in [0.15, 0.2) is 66.9 Å². The number of hydrogen-bond donors (Lipinski definition) is 1. The summed E-state index contributed by atoms with van der Waals surface area (Å²) in [7, 11) is 0. The van der Waals surface area contributed by atoms with Crippen LogP contribution in [0.1, 0.15) is 10.4 Å². The van der Waals surface area contributed by atoms with Crippen molar-refractivity contribution in [3.05, 3.63) is 82.5 Å². The van der Waals surface area contributed by atoms with Crippen LogP contribution in [-0.2, 0) is 9.53 Å². The lowest BCUT2D eigenvalue weighted by atomic mass is 10.2. The first-order chi connectivity index (χ1) is 13.5. The minimum absolute atomic E-state index is 0.125. The lowest BCUT2D eigenvalue weighted by molar-refractivity contribution is -0.119. The van der Waals surface area contributed by atoms with E-state index in [1.165, 1.54) is 12.3 Å². The average molecular weight is 417 g/mol. The summed E-state index contributed by atoms with van der Waals surface area (Å²) in [5.41, 5.74) is 0.196. The molecule has 0 spiro atoms. The Kier molecular flexibility index (Phi) is 6.47. The number of pyridine rings is 1. The van der Waals surface area contributed by atoms with E-state index in [1.54, 1.807) is 36.4 Å². The summed E-state index contributed by atoms with van der Waals surface area (Å²) in [5, 5.41) is 2.96. The van der Waals surface area contributed by atoms with Crippen molar-refractivity contribution in [2.75, 3.05) is 11.9 Å². The topological polar surface area (TPSA) is 77.5 Å². The number of carbonyl (C=O) groups is 2. The maximum absolute atomic E-state index is 12.4. The van der Waals surface area contributed by atoms with E-state index in [0.717, 1.165) is 0 Å². The first kappa shape index (κ1) is 19.7. The third-order valence-electron chi connectivity index (χ3n) is 3.48. The highest BCUT2D eigenvalue weighted by Crippen LogP contribution is 2.26. The summed E-state index contributed by atoms with van der Waals surface area (Å²) in [5.74, 6) is -0.270. The molecule has 2 aromatic carbocycles. The Balaban J connectivity index is 1.62. The fourth-order valence-corrected chi connectivity index (χ4v) is 2.65. The van der Waals surface area contributed by atoms with E-state index in [2.05, 4.69) is 10.3 Å². The van der Waals surface area contributed by atoms with Gasteiger partial charge in [0.05, 0.1) is 10.0 Å². The van der Waals surface area contributed by atoms with Gasteiger partial charge >= 0.3 is 5.97 Å². The molecule has 0 aliphatic rings. The van der Waals surface area contributed by atoms with Crippen molar-refractivity contribution in [3.63, 3.8) is 0 Å². The number of halogens is 2. The zero-order chi connectivity index (χ0) is 19.9. The van der Waals surface area contributed by atoms with Crippen molar-refractivity contribution in [1.29, 1.82) is 0 Å². The van der Waals surface area contributed by atoms with Gasteiger partial charge in [-0.15, -0.1) is 0 Å². The van der Waals surface area contributed by atoms with E-state index in [-0.39, 0.29) is 16.4 Å². The molecule has 28 heavy (non-hydrogen) atoms. The Labute approximate surface area is 171 Å². The van der Waals surface area contributed by atoms with E-state index in [9.17, 15) is 9.59 Å². The normalized spacial score (nSPS) is 10.2. The lowest BCUT2D eigenvalue weighted by Crippen LogP contribution is -2.21. The Morgan fingerprint density at radius 2 is 1.71 bits per heavy atom. The molecule has 0 atom stereocenters. The first-order valence-corrected chi connectivity index (χ1v) is 8.88. The second kappa shape index (κ2) is 9.21. The number of carbonyl (C=O) groups excluding carboxylic acids is 2. The van der Waals surface area contributed by atoms with Gasteiger partial charge in [0.25, 0.3) is 5.91 Å². The SMILES string of the molecule is O=C(COC(=O)c1ccccc1Oc1ccccc1)Nc1ncc(Cl)cc1Cl. The maximum Gasteiger partial charge on any atom is 0.342 e. The molecule has 142 valence electrons. The van der Waals surface area contributed by atoms with Crippen LogP contribution in [0.25, 0.3) is 0 Å². The Morgan fingerprint density at radius 3 is 2.46 bits per heavy atom. The summed E-state index contributed by atoms with van der Waals surface area (Å²) in [6.07, 6.45) is 1.34.